The van der Waals surface area contributed by atoms with E-state index in [9.17, 15) is 9.59 Å². The summed E-state index contributed by atoms with van der Waals surface area (Å²) in [6.07, 6.45) is 2.27. The predicted octanol–water partition coefficient (Wildman–Crippen LogP) is 8.57. The van der Waals surface area contributed by atoms with Crippen molar-refractivity contribution < 1.29 is 28.5 Å². The molecule has 6 heteroatoms. The third-order valence-corrected chi connectivity index (χ3v) is 9.01. The summed E-state index contributed by atoms with van der Waals surface area (Å²) in [6.45, 7) is 7.56. The van der Waals surface area contributed by atoms with Crippen LogP contribution in [0.2, 0.25) is 0 Å². The first-order valence-corrected chi connectivity index (χ1v) is 16.1. The summed E-state index contributed by atoms with van der Waals surface area (Å²) in [5.41, 5.74) is 6.28. The first-order valence-electron chi connectivity index (χ1n) is 16.1. The van der Waals surface area contributed by atoms with Crippen LogP contribution >= 0.6 is 0 Å². The Morgan fingerprint density at radius 2 is 1.04 bits per heavy atom. The van der Waals surface area contributed by atoms with Gasteiger partial charge in [-0.05, 0) is 79.2 Å². The van der Waals surface area contributed by atoms with Crippen LogP contribution in [0.1, 0.15) is 22.3 Å². The van der Waals surface area contributed by atoms with E-state index in [1.807, 2.05) is 24.3 Å². The number of ether oxygens (including phenoxy) is 4. The van der Waals surface area contributed by atoms with Gasteiger partial charge in [0.05, 0.1) is 5.41 Å². The lowest BCUT2D eigenvalue weighted by Gasteiger charge is -2.35. The zero-order valence-corrected chi connectivity index (χ0v) is 26.9. The van der Waals surface area contributed by atoms with Crippen molar-refractivity contribution in [3.63, 3.8) is 0 Å². The monoisotopic (exact) mass is 646 g/mol. The molecular formula is C43H34O6. The van der Waals surface area contributed by atoms with Crippen molar-refractivity contribution in [3.05, 3.63) is 169 Å². The van der Waals surface area contributed by atoms with Crippen LogP contribution in [0.4, 0.5) is 0 Å². The van der Waals surface area contributed by atoms with Crippen LogP contribution in [-0.2, 0) is 24.5 Å². The number of hydrogen-bond donors (Lipinski definition) is 0. The average Bonchev–Trinajstić information content (AvgIpc) is 3.47. The van der Waals surface area contributed by atoms with E-state index in [4.69, 9.17) is 18.9 Å². The fourth-order valence-corrected chi connectivity index (χ4v) is 6.98. The molecule has 0 spiro atoms. The molecule has 1 aliphatic rings. The van der Waals surface area contributed by atoms with Gasteiger partial charge in [0.25, 0.3) is 0 Å². The highest BCUT2D eigenvalue weighted by atomic mass is 16.6. The lowest BCUT2D eigenvalue weighted by Crippen LogP contribution is -2.29. The van der Waals surface area contributed by atoms with Crippen molar-refractivity contribution >= 4 is 33.5 Å². The molecule has 0 bridgehead atoms. The van der Waals surface area contributed by atoms with E-state index >= 15 is 0 Å². The molecule has 6 nitrogen and oxygen atoms in total. The van der Waals surface area contributed by atoms with Gasteiger partial charge in [-0.25, -0.2) is 9.59 Å². The number of esters is 2. The van der Waals surface area contributed by atoms with E-state index in [1.165, 1.54) is 38.4 Å². The molecule has 0 atom stereocenters. The third kappa shape index (κ3) is 5.72. The van der Waals surface area contributed by atoms with Gasteiger partial charge in [-0.15, -0.1) is 0 Å². The fourth-order valence-electron chi connectivity index (χ4n) is 6.98. The standard InChI is InChI=1S/C43H34O6/c1-3-39(44)48-27-25-46-33-19-15-31(16-20-33)43(32-17-21-34(22-18-32)47-26-28-49-40(45)4-2)38-24-14-29-9-5-7-11-35(29)41(38)37-23-13-30-10-6-8-12-36(30)42(37)43/h3-24H,1-2,25-28H2. The lowest BCUT2D eigenvalue weighted by molar-refractivity contribution is -0.139. The van der Waals surface area contributed by atoms with Crippen LogP contribution < -0.4 is 9.47 Å². The summed E-state index contributed by atoms with van der Waals surface area (Å²) < 4.78 is 22.1. The zero-order valence-electron chi connectivity index (χ0n) is 26.9. The Balaban J connectivity index is 1.38. The molecule has 0 aliphatic heterocycles. The van der Waals surface area contributed by atoms with Crippen molar-refractivity contribution in [2.75, 3.05) is 26.4 Å². The van der Waals surface area contributed by atoms with Crippen LogP contribution in [0.25, 0.3) is 32.7 Å². The summed E-state index contributed by atoms with van der Waals surface area (Å²) in [7, 11) is 0. The molecule has 0 saturated carbocycles. The van der Waals surface area contributed by atoms with Gasteiger partial charge in [0.2, 0.25) is 0 Å². The minimum absolute atomic E-state index is 0.126. The minimum Gasteiger partial charge on any atom is -0.490 e. The van der Waals surface area contributed by atoms with Gasteiger partial charge in [-0.2, -0.15) is 0 Å². The molecule has 0 radical (unpaired) electrons. The van der Waals surface area contributed by atoms with Gasteiger partial charge in [0.1, 0.15) is 37.9 Å². The molecule has 0 unspecified atom stereocenters. The van der Waals surface area contributed by atoms with Gasteiger partial charge in [-0.1, -0.05) is 110 Å². The number of rotatable bonds is 12. The highest BCUT2D eigenvalue weighted by molar-refractivity contribution is 6.08. The highest BCUT2D eigenvalue weighted by Crippen LogP contribution is 2.59. The van der Waals surface area contributed by atoms with Crippen molar-refractivity contribution in [1.82, 2.24) is 0 Å². The Labute approximate surface area is 284 Å². The molecule has 0 saturated heterocycles. The first-order chi connectivity index (χ1) is 24.0. The summed E-state index contributed by atoms with van der Waals surface area (Å²) in [4.78, 5) is 22.9. The highest BCUT2D eigenvalue weighted by Gasteiger charge is 2.47. The second kappa shape index (κ2) is 13.5. The van der Waals surface area contributed by atoms with Crippen LogP contribution in [0.3, 0.4) is 0 Å². The maximum Gasteiger partial charge on any atom is 0.330 e. The van der Waals surface area contributed by atoms with E-state index in [-0.39, 0.29) is 26.4 Å². The van der Waals surface area contributed by atoms with Crippen molar-refractivity contribution in [3.8, 4) is 22.6 Å². The van der Waals surface area contributed by atoms with E-state index in [1.54, 1.807) is 0 Å². The van der Waals surface area contributed by atoms with E-state index in [0.29, 0.717) is 11.5 Å². The summed E-state index contributed by atoms with van der Waals surface area (Å²) in [5.74, 6) is 0.382. The Hall–Kier alpha value is -6.14. The molecule has 0 heterocycles. The SMILES string of the molecule is C=CC(=O)OCCOc1ccc(C2(c3ccc(OCCOC(=O)C=C)cc3)c3ccc4ccccc4c3-c3ccc4ccccc4c32)cc1. The fraction of sp³-hybridized carbons (Fsp3) is 0.116. The topological polar surface area (TPSA) is 71.1 Å². The quantitative estimate of drug-likeness (QED) is 0.0753. The second-order valence-electron chi connectivity index (χ2n) is 11.7. The molecule has 49 heavy (non-hydrogen) atoms. The van der Waals surface area contributed by atoms with Gasteiger partial charge >= 0.3 is 11.9 Å². The molecule has 0 amide bonds. The second-order valence-corrected chi connectivity index (χ2v) is 11.7. The third-order valence-electron chi connectivity index (χ3n) is 9.01. The van der Waals surface area contributed by atoms with Crippen LogP contribution in [-0.4, -0.2) is 38.4 Å². The maximum atomic E-state index is 11.5. The van der Waals surface area contributed by atoms with Crippen molar-refractivity contribution in [2.24, 2.45) is 0 Å². The molecular weight excluding hydrogens is 612 g/mol. The first kappa shape index (κ1) is 31.5. The number of fused-ring (bicyclic) bond motifs is 7. The minimum atomic E-state index is -0.689. The molecule has 6 aromatic rings. The van der Waals surface area contributed by atoms with Gasteiger partial charge in [0.15, 0.2) is 0 Å². The number of benzene rings is 6. The molecule has 0 fully saturated rings. The maximum absolute atomic E-state index is 11.5. The van der Waals surface area contributed by atoms with E-state index in [2.05, 4.69) is 110 Å². The van der Waals surface area contributed by atoms with Gasteiger partial charge in [0, 0.05) is 12.2 Å². The summed E-state index contributed by atoms with van der Waals surface area (Å²) >= 11 is 0. The normalized spacial score (nSPS) is 12.5. The lowest BCUT2D eigenvalue weighted by atomic mass is 9.66. The Morgan fingerprint density at radius 1 is 0.551 bits per heavy atom. The zero-order chi connectivity index (χ0) is 33.8. The molecule has 242 valence electrons. The predicted molar refractivity (Wildman–Crippen MR) is 192 cm³/mol. The molecule has 0 N–H and O–H groups in total. The van der Waals surface area contributed by atoms with Gasteiger partial charge < -0.3 is 18.9 Å². The van der Waals surface area contributed by atoms with Crippen LogP contribution in [0.5, 0.6) is 11.5 Å². The molecule has 6 aromatic carbocycles. The number of carbonyl (C=O) groups excluding carboxylic acids is 2. The van der Waals surface area contributed by atoms with Gasteiger partial charge in [-0.3, -0.25) is 0 Å². The summed E-state index contributed by atoms with van der Waals surface area (Å²) in [6, 6.07) is 42.4. The average molecular weight is 647 g/mol. The van der Waals surface area contributed by atoms with E-state index < -0.39 is 17.4 Å². The van der Waals surface area contributed by atoms with Crippen molar-refractivity contribution in [1.29, 1.82) is 0 Å². The molecule has 0 aromatic heterocycles. The summed E-state index contributed by atoms with van der Waals surface area (Å²) in [5, 5.41) is 4.71. The van der Waals surface area contributed by atoms with E-state index in [0.717, 1.165) is 28.7 Å². The molecule has 1 aliphatic carbocycles. The molecule has 7 rings (SSSR count). The Bertz CT molecular complexity index is 2130. The Morgan fingerprint density at radius 3 is 1.59 bits per heavy atom. The number of hydrogen-bond acceptors (Lipinski definition) is 6. The van der Waals surface area contributed by atoms with Crippen molar-refractivity contribution in [2.45, 2.75) is 5.41 Å². The smallest absolute Gasteiger partial charge is 0.330 e. The number of carbonyl (C=O) groups is 2. The largest absolute Gasteiger partial charge is 0.490 e. The van der Waals surface area contributed by atoms with Crippen LogP contribution in [0, 0.1) is 0 Å². The Kier molecular flexibility index (Phi) is 8.69. The van der Waals surface area contributed by atoms with Crippen LogP contribution in [0.15, 0.2) is 147 Å².